The van der Waals surface area contributed by atoms with Gasteiger partial charge in [0.1, 0.15) is 0 Å². The highest BCUT2D eigenvalue weighted by molar-refractivity contribution is 7.93. The summed E-state index contributed by atoms with van der Waals surface area (Å²) >= 11 is 0. The van der Waals surface area contributed by atoms with E-state index in [0.717, 1.165) is 12.4 Å². The van der Waals surface area contributed by atoms with E-state index in [0.29, 0.717) is 0 Å². The maximum Gasteiger partial charge on any atom is 0.202 e. The molecule has 0 saturated heterocycles. The Labute approximate surface area is 120 Å². The molecule has 1 aromatic heterocycles. The van der Waals surface area contributed by atoms with Gasteiger partial charge in [-0.3, -0.25) is 0 Å². The molecule has 0 bridgehead atoms. The zero-order valence-electron chi connectivity index (χ0n) is 12.5. The second-order valence-electron chi connectivity index (χ2n) is 6.42. The molecule has 0 aromatic carbocycles. The molecule has 114 valence electrons. The minimum absolute atomic E-state index is 0.224. The van der Waals surface area contributed by atoms with Crippen molar-refractivity contribution in [1.82, 2.24) is 9.97 Å². The lowest BCUT2D eigenvalue weighted by Gasteiger charge is -2.20. The summed E-state index contributed by atoms with van der Waals surface area (Å²) in [4.78, 5) is 7.53. The van der Waals surface area contributed by atoms with E-state index in [2.05, 4.69) is 9.97 Å². The first-order valence-electron chi connectivity index (χ1n) is 6.02. The standard InChI is InChI=1S/C12H20N2O4S2/c1-11(2,3)19(15,16)9-7-14-10(8-13-9)20(17,18)12(4,5)6/h7-8H,1-6H3. The average molecular weight is 320 g/mol. The van der Waals surface area contributed by atoms with Crippen LogP contribution in [0, 0.1) is 0 Å². The van der Waals surface area contributed by atoms with E-state index < -0.39 is 29.2 Å². The van der Waals surface area contributed by atoms with Crippen LogP contribution in [0.4, 0.5) is 0 Å². The van der Waals surface area contributed by atoms with Crippen molar-refractivity contribution in [3.63, 3.8) is 0 Å². The van der Waals surface area contributed by atoms with Crippen LogP contribution in [0.1, 0.15) is 41.5 Å². The topological polar surface area (TPSA) is 94.1 Å². The lowest BCUT2D eigenvalue weighted by atomic mass is 10.3. The lowest BCUT2D eigenvalue weighted by molar-refractivity contribution is 0.548. The summed E-state index contributed by atoms with van der Waals surface area (Å²) in [6.07, 6.45) is 2.00. The second-order valence-corrected chi connectivity index (χ2v) is 11.7. The Morgan fingerprint density at radius 3 is 1.10 bits per heavy atom. The Morgan fingerprint density at radius 2 is 0.950 bits per heavy atom. The molecule has 0 atom stereocenters. The zero-order chi connectivity index (χ0) is 16.0. The number of nitrogens with zero attached hydrogens (tertiary/aromatic N) is 2. The summed E-state index contributed by atoms with van der Waals surface area (Å²) in [6.45, 7) is 9.27. The summed E-state index contributed by atoms with van der Waals surface area (Å²) in [6, 6.07) is 0. The average Bonchev–Trinajstić information content (AvgIpc) is 2.26. The van der Waals surface area contributed by atoms with Gasteiger partial charge in [0, 0.05) is 0 Å². The van der Waals surface area contributed by atoms with Gasteiger partial charge in [-0.1, -0.05) is 0 Å². The van der Waals surface area contributed by atoms with Crippen LogP contribution in [0.15, 0.2) is 22.4 Å². The van der Waals surface area contributed by atoms with Crippen LogP contribution in [-0.2, 0) is 19.7 Å². The summed E-state index contributed by atoms with van der Waals surface area (Å²) in [5.74, 6) is 0. The summed E-state index contributed by atoms with van der Waals surface area (Å²) in [5.41, 5.74) is 0. The van der Waals surface area contributed by atoms with E-state index in [1.807, 2.05) is 0 Å². The van der Waals surface area contributed by atoms with Gasteiger partial charge in [0.05, 0.1) is 21.9 Å². The first-order chi connectivity index (χ1) is 8.71. The Morgan fingerprint density at radius 1 is 0.700 bits per heavy atom. The van der Waals surface area contributed by atoms with Crippen molar-refractivity contribution in [3.8, 4) is 0 Å². The third-order valence-electron chi connectivity index (χ3n) is 2.77. The third-order valence-corrected chi connectivity index (χ3v) is 7.52. The number of hydrogen-bond acceptors (Lipinski definition) is 6. The molecule has 0 saturated carbocycles. The van der Waals surface area contributed by atoms with Crippen LogP contribution in [0.25, 0.3) is 0 Å². The molecular formula is C12H20N2O4S2. The van der Waals surface area contributed by atoms with Gasteiger partial charge in [0.2, 0.25) is 19.7 Å². The van der Waals surface area contributed by atoms with Crippen molar-refractivity contribution in [1.29, 1.82) is 0 Å². The molecule has 6 nitrogen and oxygen atoms in total. The molecule has 20 heavy (non-hydrogen) atoms. The molecule has 0 radical (unpaired) electrons. The van der Waals surface area contributed by atoms with Crippen LogP contribution < -0.4 is 0 Å². The number of sulfone groups is 2. The molecule has 0 fully saturated rings. The SMILES string of the molecule is CC(C)(C)S(=O)(=O)c1cnc(S(=O)(=O)C(C)(C)C)cn1. The fourth-order valence-electron chi connectivity index (χ4n) is 1.21. The Kier molecular flexibility index (Phi) is 4.06. The van der Waals surface area contributed by atoms with E-state index in [1.165, 1.54) is 0 Å². The molecule has 0 aliphatic carbocycles. The predicted molar refractivity (Wildman–Crippen MR) is 75.9 cm³/mol. The number of aromatic nitrogens is 2. The fourth-order valence-corrected chi connectivity index (χ4v) is 3.23. The van der Waals surface area contributed by atoms with Crippen molar-refractivity contribution in [2.45, 2.75) is 61.1 Å². The summed E-state index contributed by atoms with van der Waals surface area (Å²) < 4.78 is 46.6. The molecule has 0 spiro atoms. The Balaban J connectivity index is 3.35. The maximum absolute atomic E-state index is 12.2. The van der Waals surface area contributed by atoms with Gasteiger partial charge < -0.3 is 0 Å². The smallest absolute Gasteiger partial charge is 0.202 e. The molecule has 8 heteroatoms. The van der Waals surface area contributed by atoms with E-state index in [-0.39, 0.29) is 10.1 Å². The number of rotatable bonds is 2. The quantitative estimate of drug-likeness (QED) is 0.822. The summed E-state index contributed by atoms with van der Waals surface area (Å²) in [5, 5.41) is -0.448. The van der Waals surface area contributed by atoms with Gasteiger partial charge in [0.15, 0.2) is 10.1 Å². The second kappa shape index (κ2) is 4.77. The molecule has 0 aliphatic heterocycles. The van der Waals surface area contributed by atoms with Crippen LogP contribution in [0.3, 0.4) is 0 Å². The molecular weight excluding hydrogens is 300 g/mol. The van der Waals surface area contributed by atoms with Gasteiger partial charge in [0.25, 0.3) is 0 Å². The van der Waals surface area contributed by atoms with Gasteiger partial charge in [-0.2, -0.15) is 0 Å². The van der Waals surface area contributed by atoms with Crippen molar-refractivity contribution < 1.29 is 16.8 Å². The molecule has 1 heterocycles. The Bertz CT molecular complexity index is 628. The highest BCUT2D eigenvalue weighted by Crippen LogP contribution is 2.25. The molecule has 0 unspecified atom stereocenters. The Hall–Kier alpha value is -1.02. The maximum atomic E-state index is 12.2. The highest BCUT2D eigenvalue weighted by Gasteiger charge is 2.35. The minimum Gasteiger partial charge on any atom is -0.240 e. The number of hydrogen-bond donors (Lipinski definition) is 0. The van der Waals surface area contributed by atoms with Gasteiger partial charge in [-0.25, -0.2) is 26.8 Å². The van der Waals surface area contributed by atoms with Crippen LogP contribution in [0.5, 0.6) is 0 Å². The van der Waals surface area contributed by atoms with E-state index in [9.17, 15) is 16.8 Å². The first-order valence-corrected chi connectivity index (χ1v) is 8.99. The van der Waals surface area contributed by atoms with Crippen LogP contribution >= 0.6 is 0 Å². The third kappa shape index (κ3) is 2.85. The van der Waals surface area contributed by atoms with Crippen molar-refractivity contribution in [2.24, 2.45) is 0 Å². The van der Waals surface area contributed by atoms with Crippen molar-refractivity contribution in [2.75, 3.05) is 0 Å². The van der Waals surface area contributed by atoms with Crippen LogP contribution in [0.2, 0.25) is 0 Å². The molecule has 0 amide bonds. The monoisotopic (exact) mass is 320 g/mol. The van der Waals surface area contributed by atoms with E-state index in [1.54, 1.807) is 41.5 Å². The zero-order valence-corrected chi connectivity index (χ0v) is 14.1. The van der Waals surface area contributed by atoms with Gasteiger partial charge >= 0.3 is 0 Å². The van der Waals surface area contributed by atoms with Gasteiger partial charge in [-0.05, 0) is 41.5 Å². The first kappa shape index (κ1) is 17.0. The lowest BCUT2D eigenvalue weighted by Crippen LogP contribution is -2.30. The molecule has 1 rings (SSSR count). The van der Waals surface area contributed by atoms with E-state index >= 15 is 0 Å². The molecule has 0 aliphatic rings. The molecule has 1 aromatic rings. The van der Waals surface area contributed by atoms with Crippen molar-refractivity contribution in [3.05, 3.63) is 12.4 Å². The largest absolute Gasteiger partial charge is 0.240 e. The normalized spacial score (nSPS) is 14.3. The minimum atomic E-state index is -3.64. The predicted octanol–water partition coefficient (Wildman–Crippen LogP) is 1.62. The summed E-state index contributed by atoms with van der Waals surface area (Å²) in [7, 11) is -7.29. The fraction of sp³-hybridized carbons (Fsp3) is 0.667. The van der Waals surface area contributed by atoms with E-state index in [4.69, 9.17) is 0 Å². The van der Waals surface area contributed by atoms with Gasteiger partial charge in [-0.15, -0.1) is 0 Å². The van der Waals surface area contributed by atoms with Crippen LogP contribution in [-0.4, -0.2) is 36.3 Å². The van der Waals surface area contributed by atoms with Crippen molar-refractivity contribution >= 4 is 19.7 Å². The molecule has 0 N–H and O–H groups in total. The highest BCUT2D eigenvalue weighted by atomic mass is 32.2.